The molecule has 0 aliphatic heterocycles. The molecule has 0 atom stereocenters. The second-order valence-electron chi connectivity index (χ2n) is 4.92. The monoisotopic (exact) mass is 289 g/mol. The molecule has 2 aromatic heterocycles. The van der Waals surface area contributed by atoms with E-state index in [1.807, 2.05) is 19.1 Å². The second kappa shape index (κ2) is 7.08. The average Bonchev–Trinajstić information content (AvgIpc) is 3.00. The van der Waals surface area contributed by atoms with E-state index in [0.29, 0.717) is 12.4 Å². The van der Waals surface area contributed by atoms with Crippen molar-refractivity contribution in [3.05, 3.63) is 35.5 Å². The van der Waals surface area contributed by atoms with Crippen molar-refractivity contribution in [2.45, 2.75) is 40.2 Å². The number of nitrogen functional groups attached to an aromatic ring is 1. The van der Waals surface area contributed by atoms with Crippen molar-refractivity contribution in [1.82, 2.24) is 9.97 Å². The highest BCUT2D eigenvalue weighted by molar-refractivity contribution is 5.58. The standard InChI is InChI=1S/C15H23N5O/c1-4-7-13-17-14(19-16)11(3)15(18-13)20(5-2)10-12-8-6-9-21-12/h6,8-9H,4-5,7,10,16H2,1-3H3,(H,17,18,19). The van der Waals surface area contributed by atoms with Crippen LogP contribution in [0, 0.1) is 6.92 Å². The van der Waals surface area contributed by atoms with Gasteiger partial charge in [-0.15, -0.1) is 0 Å². The van der Waals surface area contributed by atoms with Crippen LogP contribution in [-0.2, 0) is 13.0 Å². The third kappa shape index (κ3) is 3.52. The van der Waals surface area contributed by atoms with Crippen LogP contribution < -0.4 is 16.2 Å². The topological polar surface area (TPSA) is 80.2 Å². The number of aryl methyl sites for hydroxylation is 1. The van der Waals surface area contributed by atoms with Gasteiger partial charge >= 0.3 is 0 Å². The summed E-state index contributed by atoms with van der Waals surface area (Å²) in [5.41, 5.74) is 3.62. The van der Waals surface area contributed by atoms with Crippen molar-refractivity contribution >= 4 is 11.6 Å². The van der Waals surface area contributed by atoms with Gasteiger partial charge in [-0.3, -0.25) is 0 Å². The largest absolute Gasteiger partial charge is 0.467 e. The lowest BCUT2D eigenvalue weighted by molar-refractivity contribution is 0.502. The van der Waals surface area contributed by atoms with Crippen LogP contribution in [0.1, 0.15) is 37.4 Å². The molecule has 0 amide bonds. The van der Waals surface area contributed by atoms with Crippen LogP contribution in [0.3, 0.4) is 0 Å². The normalized spacial score (nSPS) is 10.7. The average molecular weight is 289 g/mol. The molecular formula is C15H23N5O. The number of nitrogens with two attached hydrogens (primary N) is 1. The summed E-state index contributed by atoms with van der Waals surface area (Å²) in [6.07, 6.45) is 3.52. The third-order valence-electron chi connectivity index (χ3n) is 3.38. The highest BCUT2D eigenvalue weighted by Crippen LogP contribution is 2.25. The maximum absolute atomic E-state index is 5.58. The number of hydrazine groups is 1. The molecule has 0 unspecified atom stereocenters. The van der Waals surface area contributed by atoms with Crippen LogP contribution in [0.4, 0.5) is 11.6 Å². The molecule has 114 valence electrons. The van der Waals surface area contributed by atoms with E-state index in [9.17, 15) is 0 Å². The fourth-order valence-electron chi connectivity index (χ4n) is 2.26. The summed E-state index contributed by atoms with van der Waals surface area (Å²) in [4.78, 5) is 11.3. The zero-order valence-electron chi connectivity index (χ0n) is 12.9. The highest BCUT2D eigenvalue weighted by Gasteiger charge is 2.16. The Kier molecular flexibility index (Phi) is 5.16. The van der Waals surface area contributed by atoms with E-state index >= 15 is 0 Å². The maximum atomic E-state index is 5.58. The van der Waals surface area contributed by atoms with Gasteiger partial charge in [0.25, 0.3) is 0 Å². The minimum Gasteiger partial charge on any atom is -0.467 e. The van der Waals surface area contributed by atoms with E-state index in [-0.39, 0.29) is 0 Å². The lowest BCUT2D eigenvalue weighted by atomic mass is 10.2. The molecule has 0 bridgehead atoms. The molecule has 0 aliphatic carbocycles. The molecule has 0 saturated carbocycles. The number of furan rings is 1. The Hall–Kier alpha value is -2.08. The first-order valence-electron chi connectivity index (χ1n) is 7.31. The van der Waals surface area contributed by atoms with Gasteiger partial charge in [-0.1, -0.05) is 6.92 Å². The third-order valence-corrected chi connectivity index (χ3v) is 3.38. The summed E-state index contributed by atoms with van der Waals surface area (Å²) in [6, 6.07) is 3.86. The molecule has 2 rings (SSSR count). The zero-order valence-corrected chi connectivity index (χ0v) is 12.9. The van der Waals surface area contributed by atoms with Gasteiger partial charge in [-0.2, -0.15) is 0 Å². The van der Waals surface area contributed by atoms with Crippen molar-refractivity contribution in [3.8, 4) is 0 Å². The Morgan fingerprint density at radius 1 is 1.33 bits per heavy atom. The SMILES string of the molecule is CCCc1nc(NN)c(C)c(N(CC)Cc2ccco2)n1. The molecule has 6 nitrogen and oxygen atoms in total. The molecule has 0 spiro atoms. The number of nitrogens with zero attached hydrogens (tertiary/aromatic N) is 3. The van der Waals surface area contributed by atoms with E-state index in [4.69, 9.17) is 15.2 Å². The van der Waals surface area contributed by atoms with Crippen LogP contribution in [0.25, 0.3) is 0 Å². The van der Waals surface area contributed by atoms with Gasteiger partial charge < -0.3 is 14.7 Å². The number of nitrogens with one attached hydrogen (secondary N) is 1. The molecule has 6 heteroatoms. The van der Waals surface area contributed by atoms with Crippen LogP contribution >= 0.6 is 0 Å². The van der Waals surface area contributed by atoms with Crippen LogP contribution in [0.15, 0.2) is 22.8 Å². The number of aromatic nitrogens is 2. The summed E-state index contributed by atoms with van der Waals surface area (Å²) in [6.45, 7) is 7.69. The fraction of sp³-hybridized carbons (Fsp3) is 0.467. The molecule has 0 aromatic carbocycles. The van der Waals surface area contributed by atoms with Gasteiger partial charge in [0.05, 0.1) is 12.8 Å². The predicted molar refractivity (Wildman–Crippen MR) is 84.0 cm³/mol. The molecule has 2 aromatic rings. The van der Waals surface area contributed by atoms with E-state index in [2.05, 4.69) is 29.2 Å². The Balaban J connectivity index is 2.36. The Bertz CT molecular complexity index is 568. The van der Waals surface area contributed by atoms with Gasteiger partial charge in [-0.05, 0) is 32.4 Å². The lowest BCUT2D eigenvalue weighted by Crippen LogP contribution is -2.25. The second-order valence-corrected chi connectivity index (χ2v) is 4.92. The van der Waals surface area contributed by atoms with Crippen molar-refractivity contribution in [2.75, 3.05) is 16.9 Å². The summed E-state index contributed by atoms with van der Waals surface area (Å²) in [7, 11) is 0. The number of hydrogen-bond acceptors (Lipinski definition) is 6. The molecule has 0 fully saturated rings. The molecule has 2 heterocycles. The number of anilines is 2. The molecule has 0 saturated heterocycles. The highest BCUT2D eigenvalue weighted by atomic mass is 16.3. The van der Waals surface area contributed by atoms with Crippen molar-refractivity contribution in [2.24, 2.45) is 5.84 Å². The first-order chi connectivity index (χ1) is 10.2. The van der Waals surface area contributed by atoms with E-state index < -0.39 is 0 Å². The van der Waals surface area contributed by atoms with E-state index in [0.717, 1.165) is 42.4 Å². The predicted octanol–water partition coefficient (Wildman–Crippen LogP) is 2.64. The van der Waals surface area contributed by atoms with Crippen LogP contribution in [0.5, 0.6) is 0 Å². The Labute approximate surface area is 125 Å². The van der Waals surface area contributed by atoms with Crippen LogP contribution in [0.2, 0.25) is 0 Å². The zero-order chi connectivity index (χ0) is 15.2. The molecule has 3 N–H and O–H groups in total. The first kappa shape index (κ1) is 15.3. The smallest absolute Gasteiger partial charge is 0.148 e. The van der Waals surface area contributed by atoms with Crippen LogP contribution in [-0.4, -0.2) is 16.5 Å². The van der Waals surface area contributed by atoms with E-state index in [1.54, 1.807) is 6.26 Å². The number of hydrogen-bond donors (Lipinski definition) is 2. The van der Waals surface area contributed by atoms with Gasteiger partial charge in [-0.25, -0.2) is 15.8 Å². The minimum absolute atomic E-state index is 0.678. The number of rotatable bonds is 7. The van der Waals surface area contributed by atoms with Crippen molar-refractivity contribution < 1.29 is 4.42 Å². The molecule has 21 heavy (non-hydrogen) atoms. The first-order valence-corrected chi connectivity index (χ1v) is 7.31. The quantitative estimate of drug-likeness (QED) is 0.602. The summed E-state index contributed by atoms with van der Waals surface area (Å²) in [5.74, 6) is 8.89. The molecule has 0 aliphatic rings. The van der Waals surface area contributed by atoms with Gasteiger partial charge in [0, 0.05) is 18.5 Å². The van der Waals surface area contributed by atoms with Gasteiger partial charge in [0.2, 0.25) is 0 Å². The molecule has 0 radical (unpaired) electrons. The van der Waals surface area contributed by atoms with Crippen molar-refractivity contribution in [3.63, 3.8) is 0 Å². The fourth-order valence-corrected chi connectivity index (χ4v) is 2.26. The van der Waals surface area contributed by atoms with Gasteiger partial charge in [0.15, 0.2) is 0 Å². The van der Waals surface area contributed by atoms with Crippen molar-refractivity contribution in [1.29, 1.82) is 0 Å². The molecular weight excluding hydrogens is 266 g/mol. The Morgan fingerprint density at radius 2 is 2.14 bits per heavy atom. The van der Waals surface area contributed by atoms with Gasteiger partial charge in [0.1, 0.15) is 23.2 Å². The minimum atomic E-state index is 0.678. The summed E-state index contributed by atoms with van der Waals surface area (Å²) >= 11 is 0. The lowest BCUT2D eigenvalue weighted by Gasteiger charge is -2.24. The summed E-state index contributed by atoms with van der Waals surface area (Å²) < 4.78 is 5.44. The van der Waals surface area contributed by atoms with E-state index in [1.165, 1.54) is 0 Å². The Morgan fingerprint density at radius 3 is 2.71 bits per heavy atom. The maximum Gasteiger partial charge on any atom is 0.148 e. The summed E-state index contributed by atoms with van der Waals surface area (Å²) in [5, 5.41) is 0.